The van der Waals surface area contributed by atoms with E-state index in [4.69, 9.17) is 9.47 Å². The lowest BCUT2D eigenvalue weighted by atomic mass is 9.83. The van der Waals surface area contributed by atoms with Gasteiger partial charge in [-0.15, -0.1) is 0 Å². The van der Waals surface area contributed by atoms with Gasteiger partial charge in [-0.3, -0.25) is 9.59 Å². The molecule has 0 radical (unpaired) electrons. The number of carbonyl (C=O) groups is 2. The Morgan fingerprint density at radius 1 is 1.16 bits per heavy atom. The van der Waals surface area contributed by atoms with E-state index in [1.54, 1.807) is 13.8 Å². The van der Waals surface area contributed by atoms with Crippen LogP contribution in [0.3, 0.4) is 0 Å². The molecular weight excluding hydrogens is 337 g/mol. The van der Waals surface area contributed by atoms with Crippen molar-refractivity contribution in [3.05, 3.63) is 28.8 Å². The highest BCUT2D eigenvalue weighted by molar-refractivity contribution is 6.14. The number of hydrogen-bond donors (Lipinski definition) is 0. The minimum absolute atomic E-state index is 0.0606. The third kappa shape index (κ3) is 3.24. The van der Waals surface area contributed by atoms with Crippen molar-refractivity contribution in [3.63, 3.8) is 0 Å². The highest BCUT2D eigenvalue weighted by atomic mass is 19.4. The Bertz CT molecular complexity index is 695. The summed E-state index contributed by atoms with van der Waals surface area (Å²) in [5.74, 6) is -1.74. The predicted octanol–water partition coefficient (Wildman–Crippen LogP) is 3.77. The molecule has 1 aliphatic carbocycles. The zero-order chi connectivity index (χ0) is 18.4. The summed E-state index contributed by atoms with van der Waals surface area (Å²) in [6, 6.07) is 2.85. The molecule has 1 aromatic carbocycles. The molecule has 0 bridgehead atoms. The fraction of sp³-hybridized carbons (Fsp3) is 0.556. The van der Waals surface area contributed by atoms with Gasteiger partial charge in [0.2, 0.25) is 0 Å². The van der Waals surface area contributed by atoms with E-state index < -0.39 is 30.3 Å². The number of aryl methyl sites for hydroxylation is 2. The number of ketones is 1. The molecule has 0 aromatic heterocycles. The minimum atomic E-state index is -4.43. The average Bonchev–Trinajstić information content (AvgIpc) is 3.05. The summed E-state index contributed by atoms with van der Waals surface area (Å²) in [7, 11) is 0. The quantitative estimate of drug-likeness (QED) is 0.611. The van der Waals surface area contributed by atoms with Gasteiger partial charge in [0, 0.05) is 0 Å². The van der Waals surface area contributed by atoms with Crippen LogP contribution in [0, 0.1) is 13.8 Å². The van der Waals surface area contributed by atoms with Gasteiger partial charge in [0.1, 0.15) is 11.7 Å². The van der Waals surface area contributed by atoms with Crippen LogP contribution in [-0.4, -0.2) is 30.1 Å². The zero-order valence-corrected chi connectivity index (χ0v) is 14.0. The van der Waals surface area contributed by atoms with Crippen LogP contribution in [0.5, 0.6) is 5.75 Å². The summed E-state index contributed by atoms with van der Waals surface area (Å²) in [5, 5.41) is 0. The SMILES string of the molecule is Cc1cc(OCC(F)(F)F)cc(C)c1C1C(=O)OC2(CCCC2)C1=O. The Morgan fingerprint density at radius 2 is 1.72 bits per heavy atom. The third-order valence-electron chi connectivity index (χ3n) is 4.91. The van der Waals surface area contributed by atoms with Crippen molar-refractivity contribution >= 4 is 11.8 Å². The summed E-state index contributed by atoms with van der Waals surface area (Å²) < 4.78 is 47.1. The molecule has 0 N–H and O–H groups in total. The molecule has 1 unspecified atom stereocenters. The Kier molecular flexibility index (Phi) is 4.29. The lowest BCUT2D eigenvalue weighted by Gasteiger charge is -2.19. The molecule has 2 fully saturated rings. The Morgan fingerprint density at radius 3 is 2.24 bits per heavy atom. The fourth-order valence-electron chi connectivity index (χ4n) is 3.85. The van der Waals surface area contributed by atoms with E-state index in [1.807, 2.05) is 0 Å². The molecule has 4 nitrogen and oxygen atoms in total. The molecule has 25 heavy (non-hydrogen) atoms. The highest BCUT2D eigenvalue weighted by Crippen LogP contribution is 2.46. The zero-order valence-electron chi connectivity index (χ0n) is 14.0. The molecule has 1 heterocycles. The van der Waals surface area contributed by atoms with Gasteiger partial charge in [0.25, 0.3) is 0 Å². The fourth-order valence-corrected chi connectivity index (χ4v) is 3.85. The van der Waals surface area contributed by atoms with Gasteiger partial charge in [0.05, 0.1) is 0 Å². The second-order valence-corrected chi connectivity index (χ2v) is 6.79. The van der Waals surface area contributed by atoms with Gasteiger partial charge in [-0.05, 0) is 68.4 Å². The molecular formula is C18H19F3O4. The van der Waals surface area contributed by atoms with Crippen LogP contribution in [0.2, 0.25) is 0 Å². The van der Waals surface area contributed by atoms with E-state index in [0.29, 0.717) is 29.5 Å². The molecule has 1 aliphatic heterocycles. The smallest absolute Gasteiger partial charge is 0.422 e. The predicted molar refractivity (Wildman–Crippen MR) is 82.5 cm³/mol. The number of alkyl halides is 3. The van der Waals surface area contributed by atoms with E-state index in [9.17, 15) is 22.8 Å². The molecule has 3 rings (SSSR count). The number of halogens is 3. The van der Waals surface area contributed by atoms with E-state index in [-0.39, 0.29) is 11.5 Å². The number of benzene rings is 1. The highest BCUT2D eigenvalue weighted by Gasteiger charge is 2.57. The van der Waals surface area contributed by atoms with Crippen molar-refractivity contribution in [1.82, 2.24) is 0 Å². The number of rotatable bonds is 3. The molecule has 1 aromatic rings. The van der Waals surface area contributed by atoms with Crippen LogP contribution in [0.4, 0.5) is 13.2 Å². The van der Waals surface area contributed by atoms with Crippen LogP contribution in [0.1, 0.15) is 48.3 Å². The maximum Gasteiger partial charge on any atom is 0.422 e. The van der Waals surface area contributed by atoms with Crippen molar-refractivity contribution in [2.75, 3.05) is 6.61 Å². The van der Waals surface area contributed by atoms with Crippen LogP contribution < -0.4 is 4.74 Å². The first-order valence-electron chi connectivity index (χ1n) is 8.21. The van der Waals surface area contributed by atoms with Gasteiger partial charge < -0.3 is 9.47 Å². The summed E-state index contributed by atoms with van der Waals surface area (Å²) in [5.41, 5.74) is 0.592. The summed E-state index contributed by atoms with van der Waals surface area (Å²) in [4.78, 5) is 25.2. The van der Waals surface area contributed by atoms with Crippen molar-refractivity contribution < 1.29 is 32.2 Å². The number of Topliss-reactive ketones (excluding diaryl/α,β-unsaturated/α-hetero) is 1. The maximum atomic E-state index is 12.9. The van der Waals surface area contributed by atoms with Crippen molar-refractivity contribution in [1.29, 1.82) is 0 Å². The van der Waals surface area contributed by atoms with Crippen LogP contribution in [0.25, 0.3) is 0 Å². The van der Waals surface area contributed by atoms with Gasteiger partial charge in [0.15, 0.2) is 18.0 Å². The first-order valence-corrected chi connectivity index (χ1v) is 8.21. The van der Waals surface area contributed by atoms with Crippen LogP contribution >= 0.6 is 0 Å². The number of hydrogen-bond acceptors (Lipinski definition) is 4. The van der Waals surface area contributed by atoms with Crippen molar-refractivity contribution in [2.45, 2.75) is 57.2 Å². The number of esters is 1. The topological polar surface area (TPSA) is 52.6 Å². The van der Waals surface area contributed by atoms with Crippen LogP contribution in [-0.2, 0) is 14.3 Å². The van der Waals surface area contributed by atoms with Gasteiger partial charge in [-0.1, -0.05) is 0 Å². The van der Waals surface area contributed by atoms with Crippen molar-refractivity contribution in [3.8, 4) is 5.75 Å². The van der Waals surface area contributed by atoms with E-state index >= 15 is 0 Å². The summed E-state index contributed by atoms with van der Waals surface area (Å²) >= 11 is 0. The molecule has 136 valence electrons. The Hall–Kier alpha value is -2.05. The number of carbonyl (C=O) groups excluding carboxylic acids is 2. The molecule has 2 aliphatic rings. The van der Waals surface area contributed by atoms with E-state index in [1.165, 1.54) is 12.1 Å². The van der Waals surface area contributed by atoms with Gasteiger partial charge >= 0.3 is 12.1 Å². The van der Waals surface area contributed by atoms with Crippen molar-refractivity contribution in [2.24, 2.45) is 0 Å². The summed E-state index contributed by atoms with van der Waals surface area (Å²) in [6.45, 7) is 1.92. The Labute approximate surface area is 143 Å². The van der Waals surface area contributed by atoms with Crippen LogP contribution in [0.15, 0.2) is 12.1 Å². The normalized spacial score (nSPS) is 22.5. The minimum Gasteiger partial charge on any atom is -0.484 e. The molecule has 7 heteroatoms. The first-order chi connectivity index (χ1) is 11.6. The molecule has 0 amide bonds. The first kappa shape index (κ1) is 17.8. The molecule has 1 spiro atoms. The average molecular weight is 356 g/mol. The molecule has 1 atom stereocenters. The number of ether oxygens (including phenoxy) is 2. The largest absolute Gasteiger partial charge is 0.484 e. The van der Waals surface area contributed by atoms with Gasteiger partial charge in [-0.2, -0.15) is 13.2 Å². The second kappa shape index (κ2) is 6.04. The monoisotopic (exact) mass is 356 g/mol. The lowest BCUT2D eigenvalue weighted by Crippen LogP contribution is -2.33. The lowest BCUT2D eigenvalue weighted by molar-refractivity contribution is -0.153. The second-order valence-electron chi connectivity index (χ2n) is 6.79. The summed E-state index contributed by atoms with van der Waals surface area (Å²) in [6.07, 6.45) is -1.67. The molecule has 1 saturated heterocycles. The van der Waals surface area contributed by atoms with E-state index in [0.717, 1.165) is 12.8 Å². The van der Waals surface area contributed by atoms with Gasteiger partial charge in [-0.25, -0.2) is 0 Å². The standard InChI is InChI=1S/C18H19F3O4/c1-10-7-12(24-9-18(19,20)21)8-11(2)13(10)14-15(22)17(25-16(14)23)5-3-4-6-17/h7-8,14H,3-6,9H2,1-2H3. The Balaban J connectivity index is 1.90. The maximum absolute atomic E-state index is 12.9. The molecule has 1 saturated carbocycles. The van der Waals surface area contributed by atoms with E-state index in [2.05, 4.69) is 0 Å². The third-order valence-corrected chi connectivity index (χ3v) is 4.91.